The molecule has 2 saturated heterocycles. The Balaban J connectivity index is 1.32. The van der Waals surface area contributed by atoms with Crippen LogP contribution in [0.1, 0.15) is 18.9 Å². The minimum absolute atomic E-state index is 0.0747. The summed E-state index contributed by atoms with van der Waals surface area (Å²) >= 11 is 0. The predicted octanol–water partition coefficient (Wildman–Crippen LogP) is 1.74. The number of ether oxygens (including phenoxy) is 1. The van der Waals surface area contributed by atoms with Crippen molar-refractivity contribution in [1.82, 2.24) is 15.1 Å². The maximum Gasteiger partial charge on any atom is 0.243 e. The number of amides is 3. The van der Waals surface area contributed by atoms with Crippen molar-refractivity contribution in [3.05, 3.63) is 54.1 Å². The van der Waals surface area contributed by atoms with E-state index in [0.29, 0.717) is 18.8 Å². The molecule has 2 aliphatic heterocycles. The summed E-state index contributed by atoms with van der Waals surface area (Å²) in [6, 6.07) is 14.8. The Kier molecular flexibility index (Phi) is 8.43. The molecule has 0 saturated carbocycles. The van der Waals surface area contributed by atoms with Gasteiger partial charge in [-0.2, -0.15) is 0 Å². The van der Waals surface area contributed by atoms with E-state index in [4.69, 9.17) is 4.74 Å². The van der Waals surface area contributed by atoms with E-state index >= 15 is 0 Å². The number of nitrogens with zero attached hydrogens (tertiary/aromatic N) is 3. The lowest BCUT2D eigenvalue weighted by Crippen LogP contribution is -2.60. The van der Waals surface area contributed by atoms with E-state index in [0.717, 1.165) is 44.0 Å². The van der Waals surface area contributed by atoms with Gasteiger partial charge in [0.15, 0.2) is 0 Å². The molecule has 0 aliphatic carbocycles. The van der Waals surface area contributed by atoms with Crippen molar-refractivity contribution >= 4 is 29.1 Å². The van der Waals surface area contributed by atoms with Crippen molar-refractivity contribution in [3.8, 4) is 5.75 Å². The number of nitrogens with one attached hydrogen (secondary N) is 2. The van der Waals surface area contributed by atoms with Gasteiger partial charge in [0.2, 0.25) is 17.7 Å². The van der Waals surface area contributed by atoms with Crippen molar-refractivity contribution < 1.29 is 19.1 Å². The molecular weight excluding hydrogens is 458 g/mol. The van der Waals surface area contributed by atoms with E-state index in [1.54, 1.807) is 12.0 Å². The summed E-state index contributed by atoms with van der Waals surface area (Å²) in [7, 11) is 1.67. The fourth-order valence-corrected chi connectivity index (χ4v) is 4.75. The molecule has 0 unspecified atom stereocenters. The predicted molar refractivity (Wildman–Crippen MR) is 139 cm³/mol. The summed E-state index contributed by atoms with van der Waals surface area (Å²) in [4.78, 5) is 44.5. The fourth-order valence-electron chi connectivity index (χ4n) is 4.75. The lowest BCUT2D eigenvalue weighted by molar-refractivity contribution is -0.145. The smallest absolute Gasteiger partial charge is 0.243 e. The maximum absolute atomic E-state index is 13.2. The van der Waals surface area contributed by atoms with Crippen LogP contribution in [0.2, 0.25) is 0 Å². The third kappa shape index (κ3) is 6.15. The van der Waals surface area contributed by atoms with Gasteiger partial charge in [-0.3, -0.25) is 19.3 Å². The Morgan fingerprint density at radius 3 is 2.44 bits per heavy atom. The van der Waals surface area contributed by atoms with Crippen molar-refractivity contribution in [3.63, 3.8) is 0 Å². The van der Waals surface area contributed by atoms with Crippen molar-refractivity contribution in [2.75, 3.05) is 63.1 Å². The quantitative estimate of drug-likeness (QED) is 0.582. The summed E-state index contributed by atoms with van der Waals surface area (Å²) in [5, 5.41) is 5.64. The van der Waals surface area contributed by atoms with Crippen molar-refractivity contribution in [2.24, 2.45) is 0 Å². The van der Waals surface area contributed by atoms with E-state index < -0.39 is 6.04 Å². The van der Waals surface area contributed by atoms with Crippen LogP contribution in [0.4, 0.5) is 11.4 Å². The largest absolute Gasteiger partial charge is 0.495 e. The first-order valence-corrected chi connectivity index (χ1v) is 12.5. The van der Waals surface area contributed by atoms with E-state index in [9.17, 15) is 14.4 Å². The highest BCUT2D eigenvalue weighted by atomic mass is 16.5. The molecule has 2 fully saturated rings. The molecule has 2 N–H and O–H groups in total. The van der Waals surface area contributed by atoms with Crippen molar-refractivity contribution in [2.45, 2.75) is 25.8 Å². The molecule has 0 aromatic heterocycles. The van der Waals surface area contributed by atoms with E-state index in [1.165, 1.54) is 5.56 Å². The first kappa shape index (κ1) is 25.5. The second-order valence-corrected chi connectivity index (χ2v) is 9.13. The average Bonchev–Trinajstić information content (AvgIpc) is 2.90. The summed E-state index contributed by atoms with van der Waals surface area (Å²) in [6.45, 7) is 6.08. The number of rotatable bonds is 8. The zero-order valence-corrected chi connectivity index (χ0v) is 21.0. The minimum Gasteiger partial charge on any atom is -0.495 e. The number of anilines is 2. The second kappa shape index (κ2) is 11.9. The van der Waals surface area contributed by atoms with Crippen molar-refractivity contribution in [1.29, 1.82) is 0 Å². The SMILES string of the molecule is CCc1ccc(NC(=O)C[C@@H]2C(=O)NCCN2C(=O)CN2CCN(c3ccccc3OC)CC2)cc1. The van der Waals surface area contributed by atoms with Gasteiger partial charge in [0.05, 0.1) is 25.8 Å². The zero-order valence-electron chi connectivity index (χ0n) is 21.0. The number of hydrogen-bond acceptors (Lipinski definition) is 6. The number of piperazine rings is 2. The molecule has 0 bridgehead atoms. The number of aryl methyl sites for hydroxylation is 1. The Bertz CT molecular complexity index is 1070. The van der Waals surface area contributed by atoms with Crippen LogP contribution in [0.15, 0.2) is 48.5 Å². The molecule has 2 aliphatic rings. The van der Waals surface area contributed by atoms with Crippen LogP contribution < -0.4 is 20.3 Å². The number of benzene rings is 2. The lowest BCUT2D eigenvalue weighted by atomic mass is 10.1. The molecule has 0 radical (unpaired) electrons. The third-order valence-corrected chi connectivity index (χ3v) is 6.83. The van der Waals surface area contributed by atoms with Gasteiger partial charge in [-0.05, 0) is 36.2 Å². The van der Waals surface area contributed by atoms with Gasteiger partial charge < -0.3 is 25.2 Å². The van der Waals surface area contributed by atoms with Gasteiger partial charge in [0, 0.05) is 45.0 Å². The summed E-state index contributed by atoms with van der Waals surface area (Å²) < 4.78 is 5.48. The topological polar surface area (TPSA) is 94.2 Å². The zero-order chi connectivity index (χ0) is 25.5. The first-order valence-electron chi connectivity index (χ1n) is 12.5. The van der Waals surface area contributed by atoms with Gasteiger partial charge in [-0.25, -0.2) is 0 Å². The van der Waals surface area contributed by atoms with Gasteiger partial charge in [0.25, 0.3) is 0 Å². The maximum atomic E-state index is 13.2. The fraction of sp³-hybridized carbons (Fsp3) is 0.444. The van der Waals surface area contributed by atoms with Crippen LogP contribution in [-0.2, 0) is 20.8 Å². The van der Waals surface area contributed by atoms with Crippen LogP contribution >= 0.6 is 0 Å². The molecule has 192 valence electrons. The Hall–Kier alpha value is -3.59. The first-order chi connectivity index (χ1) is 17.5. The van der Waals surface area contributed by atoms with Crippen LogP contribution in [0, 0.1) is 0 Å². The minimum atomic E-state index is -0.809. The molecule has 2 heterocycles. The lowest BCUT2D eigenvalue weighted by Gasteiger charge is -2.39. The summed E-state index contributed by atoms with van der Waals surface area (Å²) in [5.41, 5.74) is 2.91. The molecule has 3 amide bonds. The molecule has 2 aromatic carbocycles. The van der Waals surface area contributed by atoms with Crippen LogP contribution in [-0.4, -0.2) is 86.5 Å². The number of carbonyl (C=O) groups excluding carboxylic acids is 3. The number of para-hydroxylation sites is 2. The molecular formula is C27H35N5O4. The molecule has 0 spiro atoms. The van der Waals surface area contributed by atoms with Gasteiger partial charge in [0.1, 0.15) is 11.8 Å². The summed E-state index contributed by atoms with van der Waals surface area (Å²) in [5.74, 6) is 0.140. The molecule has 9 heteroatoms. The normalized spacial score (nSPS) is 18.5. The molecule has 1 atom stereocenters. The highest BCUT2D eigenvalue weighted by Gasteiger charge is 2.35. The molecule has 2 aromatic rings. The van der Waals surface area contributed by atoms with Gasteiger partial charge in [-0.15, -0.1) is 0 Å². The summed E-state index contributed by atoms with van der Waals surface area (Å²) in [6.07, 6.45) is 0.845. The Morgan fingerprint density at radius 1 is 1.03 bits per heavy atom. The molecule has 36 heavy (non-hydrogen) atoms. The van der Waals surface area contributed by atoms with Crippen LogP contribution in [0.5, 0.6) is 5.75 Å². The number of carbonyl (C=O) groups is 3. The standard InChI is InChI=1S/C27H35N5O4/c1-3-20-8-10-21(11-9-20)29-25(33)18-23-27(35)28-12-13-32(23)26(34)19-30-14-16-31(17-15-30)22-6-4-5-7-24(22)36-2/h4-11,23H,3,12-19H2,1-2H3,(H,28,35)(H,29,33)/t23-/m1/s1. The van der Waals surface area contributed by atoms with E-state index in [-0.39, 0.29) is 30.7 Å². The third-order valence-electron chi connectivity index (χ3n) is 6.83. The highest BCUT2D eigenvalue weighted by molar-refractivity contribution is 5.97. The van der Waals surface area contributed by atoms with Gasteiger partial charge in [-0.1, -0.05) is 31.2 Å². The molecule has 9 nitrogen and oxygen atoms in total. The average molecular weight is 494 g/mol. The Labute approximate surface area is 212 Å². The van der Waals surface area contributed by atoms with Gasteiger partial charge >= 0.3 is 0 Å². The highest BCUT2D eigenvalue weighted by Crippen LogP contribution is 2.28. The number of methoxy groups -OCH3 is 1. The number of hydrogen-bond donors (Lipinski definition) is 2. The Morgan fingerprint density at radius 2 is 1.75 bits per heavy atom. The molecule has 4 rings (SSSR count). The van der Waals surface area contributed by atoms with E-state index in [1.807, 2.05) is 48.5 Å². The van der Waals surface area contributed by atoms with E-state index in [2.05, 4.69) is 27.4 Å². The van der Waals surface area contributed by atoms with Crippen LogP contribution in [0.25, 0.3) is 0 Å². The monoisotopic (exact) mass is 493 g/mol. The van der Waals surface area contributed by atoms with Crippen LogP contribution in [0.3, 0.4) is 0 Å². The second-order valence-electron chi connectivity index (χ2n) is 9.13.